The summed E-state index contributed by atoms with van der Waals surface area (Å²) >= 11 is 0. The maximum atomic E-state index is 12.7. The van der Waals surface area contributed by atoms with Crippen LogP contribution in [0.1, 0.15) is 37.5 Å². The van der Waals surface area contributed by atoms with E-state index in [4.69, 9.17) is 4.74 Å². The van der Waals surface area contributed by atoms with Gasteiger partial charge < -0.3 is 10.1 Å². The first kappa shape index (κ1) is 21.8. The van der Waals surface area contributed by atoms with E-state index in [1.807, 2.05) is 46.8 Å². The van der Waals surface area contributed by atoms with Crippen molar-refractivity contribution < 1.29 is 17.9 Å². The number of amides is 1. The van der Waals surface area contributed by atoms with E-state index in [9.17, 15) is 13.2 Å². The Balaban J connectivity index is 2.15. The van der Waals surface area contributed by atoms with Crippen molar-refractivity contribution in [2.75, 3.05) is 4.72 Å². The molecule has 0 radical (unpaired) electrons. The van der Waals surface area contributed by atoms with Crippen molar-refractivity contribution in [1.29, 1.82) is 0 Å². The molecule has 28 heavy (non-hydrogen) atoms. The molecule has 0 fully saturated rings. The number of nitrogens with one attached hydrogen (secondary N) is 2. The minimum atomic E-state index is -3.73. The predicted octanol–water partition coefficient (Wildman–Crippen LogP) is 3.70. The van der Waals surface area contributed by atoms with Crippen LogP contribution >= 0.6 is 0 Å². The molecule has 1 amide bonds. The molecule has 2 aromatic rings. The molecule has 0 unspecified atom stereocenters. The lowest BCUT2D eigenvalue weighted by Crippen LogP contribution is -2.40. The lowest BCUT2D eigenvalue weighted by atomic mass is 10.1. The molecule has 0 bridgehead atoms. The fraction of sp³-hybridized carbons (Fsp3) is 0.381. The number of sulfonamides is 1. The van der Waals surface area contributed by atoms with Crippen LogP contribution in [0.5, 0.6) is 5.75 Å². The molecular formula is C21H28N2O4S. The maximum absolute atomic E-state index is 12.7. The Morgan fingerprint density at radius 2 is 1.50 bits per heavy atom. The highest BCUT2D eigenvalue weighted by Crippen LogP contribution is 2.26. The number of hydrogen-bond acceptors (Lipinski definition) is 4. The van der Waals surface area contributed by atoms with Gasteiger partial charge >= 0.3 is 0 Å². The lowest BCUT2D eigenvalue weighted by Gasteiger charge is -2.17. The van der Waals surface area contributed by atoms with Crippen LogP contribution in [0.25, 0.3) is 0 Å². The Morgan fingerprint density at radius 3 is 2.00 bits per heavy atom. The Labute approximate surface area is 167 Å². The molecule has 2 rings (SSSR count). The largest absolute Gasteiger partial charge is 0.481 e. The minimum Gasteiger partial charge on any atom is -0.481 e. The number of aryl methyl sites for hydroxylation is 3. The summed E-state index contributed by atoms with van der Waals surface area (Å²) in [4.78, 5) is 12.1. The number of benzene rings is 2. The number of hydrogen-bond donors (Lipinski definition) is 2. The summed E-state index contributed by atoms with van der Waals surface area (Å²) in [6.07, 6.45) is -0.680. The van der Waals surface area contributed by atoms with Gasteiger partial charge in [0.1, 0.15) is 5.75 Å². The smallest absolute Gasteiger partial charge is 0.261 e. The molecular weight excluding hydrogens is 376 g/mol. The van der Waals surface area contributed by atoms with Crippen molar-refractivity contribution >= 4 is 21.6 Å². The van der Waals surface area contributed by atoms with Gasteiger partial charge in [-0.2, -0.15) is 0 Å². The monoisotopic (exact) mass is 404 g/mol. The number of carbonyl (C=O) groups is 1. The molecule has 0 saturated carbocycles. The van der Waals surface area contributed by atoms with E-state index in [1.165, 1.54) is 12.1 Å². The molecule has 152 valence electrons. The summed E-state index contributed by atoms with van der Waals surface area (Å²) in [5.41, 5.74) is 3.40. The van der Waals surface area contributed by atoms with Gasteiger partial charge in [-0.15, -0.1) is 0 Å². The molecule has 0 heterocycles. The Kier molecular flexibility index (Phi) is 6.72. The molecule has 0 spiro atoms. The molecule has 0 aliphatic heterocycles. The summed E-state index contributed by atoms with van der Waals surface area (Å²) in [7, 11) is -3.73. The molecule has 1 atom stereocenters. The minimum absolute atomic E-state index is 0.0193. The van der Waals surface area contributed by atoms with Crippen LogP contribution in [0.3, 0.4) is 0 Å². The van der Waals surface area contributed by atoms with E-state index in [2.05, 4.69) is 10.0 Å². The first-order valence-electron chi connectivity index (χ1n) is 9.17. The normalized spacial score (nSPS) is 12.5. The number of ether oxygens (including phenoxy) is 1. The summed E-state index contributed by atoms with van der Waals surface area (Å²) in [6.45, 7) is 11.1. The highest BCUT2D eigenvalue weighted by Gasteiger charge is 2.19. The summed E-state index contributed by atoms with van der Waals surface area (Å²) in [5, 5.41) is 2.77. The van der Waals surface area contributed by atoms with E-state index in [0.717, 1.165) is 16.7 Å². The van der Waals surface area contributed by atoms with Crippen molar-refractivity contribution in [3.63, 3.8) is 0 Å². The molecule has 2 aromatic carbocycles. The summed E-state index contributed by atoms with van der Waals surface area (Å²) in [5.74, 6) is 0.201. The summed E-state index contributed by atoms with van der Waals surface area (Å²) in [6, 6.07) is 9.90. The van der Waals surface area contributed by atoms with E-state index in [-0.39, 0.29) is 16.8 Å². The van der Waals surface area contributed by atoms with Gasteiger partial charge in [0, 0.05) is 6.04 Å². The second kappa shape index (κ2) is 8.65. The maximum Gasteiger partial charge on any atom is 0.261 e. The van der Waals surface area contributed by atoms with Crippen molar-refractivity contribution in [1.82, 2.24) is 5.32 Å². The van der Waals surface area contributed by atoms with Gasteiger partial charge in [-0.1, -0.05) is 17.7 Å². The van der Waals surface area contributed by atoms with Crippen LogP contribution in [0, 0.1) is 20.8 Å². The van der Waals surface area contributed by atoms with Crippen molar-refractivity contribution in [2.24, 2.45) is 0 Å². The van der Waals surface area contributed by atoms with Gasteiger partial charge in [0.15, 0.2) is 6.10 Å². The third kappa shape index (κ3) is 5.48. The SMILES string of the molecule is Cc1cc(C)c(NS(=O)(=O)c2ccc(O[C@@H](C)C(=O)NC(C)C)cc2)c(C)c1. The zero-order chi connectivity index (χ0) is 21.1. The predicted molar refractivity (Wildman–Crippen MR) is 111 cm³/mol. The zero-order valence-corrected chi connectivity index (χ0v) is 18.0. The Hall–Kier alpha value is -2.54. The molecule has 7 heteroatoms. The summed E-state index contributed by atoms with van der Waals surface area (Å²) < 4.78 is 33.7. The van der Waals surface area contributed by atoms with Crippen LogP contribution in [-0.2, 0) is 14.8 Å². The van der Waals surface area contributed by atoms with Gasteiger partial charge in [-0.25, -0.2) is 8.42 Å². The van der Waals surface area contributed by atoms with E-state index < -0.39 is 16.1 Å². The number of anilines is 1. The average molecular weight is 405 g/mol. The highest BCUT2D eigenvalue weighted by atomic mass is 32.2. The van der Waals surface area contributed by atoms with Crippen LogP contribution in [0.15, 0.2) is 41.3 Å². The van der Waals surface area contributed by atoms with Crippen molar-refractivity contribution in [3.8, 4) is 5.75 Å². The number of rotatable bonds is 7. The third-order valence-electron chi connectivity index (χ3n) is 4.16. The second-order valence-electron chi connectivity index (χ2n) is 7.27. The molecule has 0 aliphatic rings. The van der Waals surface area contributed by atoms with Gasteiger partial charge in [-0.3, -0.25) is 9.52 Å². The van der Waals surface area contributed by atoms with E-state index in [0.29, 0.717) is 11.4 Å². The fourth-order valence-electron chi connectivity index (χ4n) is 2.89. The van der Waals surface area contributed by atoms with E-state index in [1.54, 1.807) is 19.1 Å². The second-order valence-corrected chi connectivity index (χ2v) is 8.96. The quantitative estimate of drug-likeness (QED) is 0.737. The van der Waals surface area contributed by atoms with Crippen molar-refractivity contribution in [3.05, 3.63) is 53.1 Å². The molecule has 0 aromatic heterocycles. The van der Waals surface area contributed by atoms with Crippen molar-refractivity contribution in [2.45, 2.75) is 58.6 Å². The van der Waals surface area contributed by atoms with Crippen LogP contribution in [0.2, 0.25) is 0 Å². The van der Waals surface area contributed by atoms with E-state index >= 15 is 0 Å². The topological polar surface area (TPSA) is 84.5 Å². The lowest BCUT2D eigenvalue weighted by molar-refractivity contribution is -0.127. The molecule has 2 N–H and O–H groups in total. The fourth-order valence-corrected chi connectivity index (χ4v) is 4.09. The molecule has 0 aliphatic carbocycles. The first-order chi connectivity index (χ1) is 13.0. The molecule has 6 nitrogen and oxygen atoms in total. The van der Waals surface area contributed by atoms with Crippen LogP contribution < -0.4 is 14.8 Å². The van der Waals surface area contributed by atoms with Gasteiger partial charge in [0.25, 0.3) is 15.9 Å². The van der Waals surface area contributed by atoms with Gasteiger partial charge in [-0.05, 0) is 76.9 Å². The average Bonchev–Trinajstić information content (AvgIpc) is 2.58. The number of carbonyl (C=O) groups excluding carboxylic acids is 1. The molecule has 0 saturated heterocycles. The zero-order valence-electron chi connectivity index (χ0n) is 17.2. The third-order valence-corrected chi connectivity index (χ3v) is 5.53. The Morgan fingerprint density at radius 1 is 0.964 bits per heavy atom. The van der Waals surface area contributed by atoms with Crippen LogP contribution in [0.4, 0.5) is 5.69 Å². The van der Waals surface area contributed by atoms with Gasteiger partial charge in [0.05, 0.1) is 10.6 Å². The Bertz CT molecular complexity index is 928. The highest BCUT2D eigenvalue weighted by molar-refractivity contribution is 7.92. The van der Waals surface area contributed by atoms with Gasteiger partial charge in [0.2, 0.25) is 0 Å². The standard InChI is InChI=1S/C21H28N2O4S/c1-13(2)22-21(24)17(6)27-18-7-9-19(10-8-18)28(25,26)23-20-15(4)11-14(3)12-16(20)5/h7-13,17,23H,1-6H3,(H,22,24)/t17-/m0/s1. The van der Waals surface area contributed by atoms with Crippen LogP contribution in [-0.4, -0.2) is 26.5 Å². The first-order valence-corrected chi connectivity index (χ1v) is 10.7.